The zero-order valence-corrected chi connectivity index (χ0v) is 17.6. The summed E-state index contributed by atoms with van der Waals surface area (Å²) in [6.45, 7) is 1.23. The molecule has 0 aliphatic heterocycles. The van der Waals surface area contributed by atoms with Crippen LogP contribution in [0, 0.1) is 0 Å². The summed E-state index contributed by atoms with van der Waals surface area (Å²) in [5.41, 5.74) is 0.177. The zero-order valence-electron chi connectivity index (χ0n) is 16.7. The topological polar surface area (TPSA) is 119 Å². The number of anilines is 1. The number of esters is 2. The molecule has 0 aliphatic carbocycles. The first-order chi connectivity index (χ1) is 14.2. The maximum atomic E-state index is 12.7. The number of ether oxygens (including phenoxy) is 2. The van der Waals surface area contributed by atoms with Gasteiger partial charge in [0.05, 0.1) is 36.8 Å². The average molecular weight is 434 g/mol. The van der Waals surface area contributed by atoms with Crippen LogP contribution >= 0.6 is 0 Å². The molecule has 0 fully saturated rings. The summed E-state index contributed by atoms with van der Waals surface area (Å²) >= 11 is 0. The van der Waals surface area contributed by atoms with Gasteiger partial charge in [-0.15, -0.1) is 0 Å². The lowest BCUT2D eigenvalue weighted by atomic mass is 10.1. The van der Waals surface area contributed by atoms with Crippen LogP contribution in [0.2, 0.25) is 0 Å². The smallest absolute Gasteiger partial charge is 0.337 e. The molecular formula is C20H22N2O7S. The van der Waals surface area contributed by atoms with Crippen LogP contribution in [0.3, 0.4) is 0 Å². The van der Waals surface area contributed by atoms with Crippen LogP contribution in [0.4, 0.5) is 5.69 Å². The highest BCUT2D eigenvalue weighted by atomic mass is 32.2. The van der Waals surface area contributed by atoms with Gasteiger partial charge in [0.25, 0.3) is 0 Å². The van der Waals surface area contributed by atoms with Gasteiger partial charge in [-0.1, -0.05) is 25.1 Å². The zero-order chi connectivity index (χ0) is 22.3. The maximum absolute atomic E-state index is 12.7. The Morgan fingerprint density at radius 2 is 1.47 bits per heavy atom. The second-order valence-corrected chi connectivity index (χ2v) is 8.01. The van der Waals surface area contributed by atoms with E-state index in [-0.39, 0.29) is 28.3 Å². The van der Waals surface area contributed by atoms with Crippen LogP contribution in [0.1, 0.15) is 27.6 Å². The van der Waals surface area contributed by atoms with Crippen molar-refractivity contribution in [2.45, 2.75) is 11.8 Å². The standard InChI is InChI=1S/C20H22N2O7S/c1-4-22(30(26,27)17-8-6-5-7-9-17)13-18(23)21-16-11-14(19(24)28-2)10-15(12-16)20(25)29-3/h5-12H,4,13H2,1-3H3,(H,21,23). The van der Waals surface area contributed by atoms with Crippen molar-refractivity contribution in [1.29, 1.82) is 0 Å². The van der Waals surface area contributed by atoms with Crippen molar-refractivity contribution in [1.82, 2.24) is 4.31 Å². The second-order valence-electron chi connectivity index (χ2n) is 6.07. The first-order valence-corrected chi connectivity index (χ1v) is 10.3. The maximum Gasteiger partial charge on any atom is 0.337 e. The Labute approximate surface area is 174 Å². The van der Waals surface area contributed by atoms with Crippen LogP contribution in [0.15, 0.2) is 53.4 Å². The number of methoxy groups -OCH3 is 2. The van der Waals surface area contributed by atoms with E-state index in [0.29, 0.717) is 0 Å². The number of sulfonamides is 1. The summed E-state index contributed by atoms with van der Waals surface area (Å²) in [5, 5.41) is 2.51. The van der Waals surface area contributed by atoms with Crippen molar-refractivity contribution in [3.63, 3.8) is 0 Å². The number of nitrogens with one attached hydrogen (secondary N) is 1. The number of amides is 1. The predicted octanol–water partition coefficient (Wildman–Crippen LogP) is 1.91. The van der Waals surface area contributed by atoms with E-state index in [2.05, 4.69) is 14.8 Å². The molecule has 160 valence electrons. The van der Waals surface area contributed by atoms with Gasteiger partial charge >= 0.3 is 11.9 Å². The van der Waals surface area contributed by atoms with Crippen LogP contribution in [0.5, 0.6) is 0 Å². The Balaban J connectivity index is 2.26. The summed E-state index contributed by atoms with van der Waals surface area (Å²) in [5.74, 6) is -2.06. The lowest BCUT2D eigenvalue weighted by Crippen LogP contribution is -2.37. The normalized spacial score (nSPS) is 11.1. The molecular weight excluding hydrogens is 412 g/mol. The van der Waals surface area contributed by atoms with E-state index >= 15 is 0 Å². The van der Waals surface area contributed by atoms with Crippen molar-refractivity contribution in [2.24, 2.45) is 0 Å². The van der Waals surface area contributed by atoms with E-state index in [4.69, 9.17) is 0 Å². The van der Waals surface area contributed by atoms with Crippen LogP contribution in [0.25, 0.3) is 0 Å². The molecule has 30 heavy (non-hydrogen) atoms. The number of hydrogen-bond acceptors (Lipinski definition) is 7. The number of carbonyl (C=O) groups is 3. The molecule has 2 aromatic carbocycles. The second kappa shape index (κ2) is 9.99. The highest BCUT2D eigenvalue weighted by Crippen LogP contribution is 2.18. The minimum Gasteiger partial charge on any atom is -0.465 e. The lowest BCUT2D eigenvalue weighted by molar-refractivity contribution is -0.116. The summed E-state index contributed by atoms with van der Waals surface area (Å²) in [7, 11) is -1.51. The quantitative estimate of drug-likeness (QED) is 0.630. The molecule has 2 aromatic rings. The molecule has 0 spiro atoms. The van der Waals surface area contributed by atoms with Gasteiger partial charge in [0.15, 0.2) is 0 Å². The number of carbonyl (C=O) groups excluding carboxylic acids is 3. The number of rotatable bonds is 8. The molecule has 1 amide bonds. The Morgan fingerprint density at radius 1 is 0.933 bits per heavy atom. The summed E-state index contributed by atoms with van der Waals surface area (Å²) < 4.78 is 35.8. The fourth-order valence-corrected chi connectivity index (χ4v) is 4.07. The van der Waals surface area contributed by atoms with E-state index in [9.17, 15) is 22.8 Å². The highest BCUT2D eigenvalue weighted by Gasteiger charge is 2.25. The summed E-state index contributed by atoms with van der Waals surface area (Å²) in [6, 6.07) is 11.7. The molecule has 0 aromatic heterocycles. The van der Waals surface area contributed by atoms with Crippen LogP contribution in [-0.4, -0.2) is 57.9 Å². The molecule has 1 N–H and O–H groups in total. The number of likely N-dealkylation sites (N-methyl/N-ethyl adjacent to an activating group) is 1. The predicted molar refractivity (Wildman–Crippen MR) is 109 cm³/mol. The van der Waals surface area contributed by atoms with E-state index in [0.717, 1.165) is 4.31 Å². The molecule has 0 saturated heterocycles. The molecule has 0 unspecified atom stereocenters. The minimum absolute atomic E-state index is 0.0277. The SMILES string of the molecule is CCN(CC(=O)Nc1cc(C(=O)OC)cc(C(=O)OC)c1)S(=O)(=O)c1ccccc1. The summed E-state index contributed by atoms with van der Waals surface area (Å²) in [4.78, 5) is 36.3. The third-order valence-electron chi connectivity index (χ3n) is 4.11. The van der Waals surface area contributed by atoms with Gasteiger partial charge in [-0.2, -0.15) is 4.31 Å². The fraction of sp³-hybridized carbons (Fsp3) is 0.250. The van der Waals surface area contributed by atoms with E-state index in [1.54, 1.807) is 25.1 Å². The molecule has 2 rings (SSSR count). The first kappa shape index (κ1) is 23.0. The molecule has 9 nitrogen and oxygen atoms in total. The minimum atomic E-state index is -3.87. The Morgan fingerprint density at radius 3 is 1.93 bits per heavy atom. The van der Waals surface area contributed by atoms with Gasteiger partial charge in [0, 0.05) is 12.2 Å². The summed E-state index contributed by atoms with van der Waals surface area (Å²) in [6.07, 6.45) is 0. The van der Waals surface area contributed by atoms with Gasteiger partial charge in [-0.3, -0.25) is 4.79 Å². The van der Waals surface area contributed by atoms with Crippen molar-refractivity contribution < 1.29 is 32.3 Å². The highest BCUT2D eigenvalue weighted by molar-refractivity contribution is 7.89. The Bertz CT molecular complexity index is 1000. The van der Waals surface area contributed by atoms with Gasteiger partial charge in [0.1, 0.15) is 0 Å². The van der Waals surface area contributed by atoms with E-state index in [1.165, 1.54) is 44.6 Å². The van der Waals surface area contributed by atoms with Crippen molar-refractivity contribution >= 4 is 33.6 Å². The van der Waals surface area contributed by atoms with Crippen molar-refractivity contribution in [3.05, 3.63) is 59.7 Å². The molecule has 0 radical (unpaired) electrons. The first-order valence-electron chi connectivity index (χ1n) is 8.89. The number of nitrogens with zero attached hydrogens (tertiary/aromatic N) is 1. The van der Waals surface area contributed by atoms with Gasteiger partial charge in [-0.25, -0.2) is 18.0 Å². The van der Waals surface area contributed by atoms with Crippen molar-refractivity contribution in [2.75, 3.05) is 32.6 Å². The van der Waals surface area contributed by atoms with Gasteiger partial charge in [0.2, 0.25) is 15.9 Å². The average Bonchev–Trinajstić information content (AvgIpc) is 2.76. The fourth-order valence-electron chi connectivity index (χ4n) is 2.64. The number of benzene rings is 2. The van der Waals surface area contributed by atoms with E-state index < -0.39 is 34.4 Å². The molecule has 0 bridgehead atoms. The van der Waals surface area contributed by atoms with Gasteiger partial charge in [-0.05, 0) is 30.3 Å². The molecule has 10 heteroatoms. The molecule has 0 atom stereocenters. The van der Waals surface area contributed by atoms with Crippen molar-refractivity contribution in [3.8, 4) is 0 Å². The third kappa shape index (κ3) is 5.43. The van der Waals surface area contributed by atoms with Crippen LogP contribution < -0.4 is 5.32 Å². The molecule has 0 aliphatic rings. The molecule has 0 heterocycles. The molecule has 0 saturated carbocycles. The Kier molecular flexibility index (Phi) is 7.67. The Hall–Kier alpha value is -3.24. The third-order valence-corrected chi connectivity index (χ3v) is 6.05. The monoisotopic (exact) mass is 434 g/mol. The largest absolute Gasteiger partial charge is 0.465 e. The lowest BCUT2D eigenvalue weighted by Gasteiger charge is -2.20. The number of hydrogen-bond donors (Lipinski definition) is 1. The van der Waals surface area contributed by atoms with E-state index in [1.807, 2.05) is 0 Å². The van der Waals surface area contributed by atoms with Gasteiger partial charge < -0.3 is 14.8 Å². The van der Waals surface area contributed by atoms with Crippen LogP contribution in [-0.2, 0) is 24.3 Å².